The SMILES string of the molecule is O=[N+]([O-])c1ccccc1CN1CCC[C@@H]1CO. The Bertz CT molecular complexity index is 408. The summed E-state index contributed by atoms with van der Waals surface area (Å²) in [5.74, 6) is 0. The summed E-state index contributed by atoms with van der Waals surface area (Å²) < 4.78 is 0. The predicted molar refractivity (Wildman–Crippen MR) is 63.6 cm³/mol. The van der Waals surface area contributed by atoms with Crippen molar-refractivity contribution in [1.29, 1.82) is 0 Å². The van der Waals surface area contributed by atoms with Gasteiger partial charge in [0.15, 0.2) is 0 Å². The van der Waals surface area contributed by atoms with Crippen molar-refractivity contribution in [2.45, 2.75) is 25.4 Å². The fourth-order valence-corrected chi connectivity index (χ4v) is 2.35. The molecule has 1 aliphatic heterocycles. The van der Waals surface area contributed by atoms with Crippen LogP contribution in [0, 0.1) is 10.1 Å². The lowest BCUT2D eigenvalue weighted by Gasteiger charge is -2.22. The maximum absolute atomic E-state index is 10.9. The molecule has 0 amide bonds. The molecule has 5 heteroatoms. The van der Waals surface area contributed by atoms with E-state index in [1.807, 2.05) is 6.07 Å². The Morgan fingerprint density at radius 3 is 2.94 bits per heavy atom. The second-order valence-corrected chi connectivity index (χ2v) is 4.33. The Morgan fingerprint density at radius 2 is 2.24 bits per heavy atom. The van der Waals surface area contributed by atoms with Gasteiger partial charge in [0, 0.05) is 24.2 Å². The lowest BCUT2D eigenvalue weighted by atomic mass is 10.1. The van der Waals surface area contributed by atoms with Gasteiger partial charge in [0.25, 0.3) is 5.69 Å². The zero-order chi connectivity index (χ0) is 12.3. The van der Waals surface area contributed by atoms with Crippen LogP contribution in [0.25, 0.3) is 0 Å². The molecule has 1 atom stereocenters. The fourth-order valence-electron chi connectivity index (χ4n) is 2.35. The number of para-hydroxylation sites is 1. The number of rotatable bonds is 4. The first-order chi connectivity index (χ1) is 8.22. The van der Waals surface area contributed by atoms with Gasteiger partial charge in [0.05, 0.1) is 11.5 Å². The van der Waals surface area contributed by atoms with Crippen LogP contribution in [0.5, 0.6) is 0 Å². The summed E-state index contributed by atoms with van der Waals surface area (Å²) in [4.78, 5) is 12.6. The number of aliphatic hydroxyl groups is 1. The molecule has 1 heterocycles. The third-order valence-electron chi connectivity index (χ3n) is 3.27. The van der Waals surface area contributed by atoms with Crippen LogP contribution in [0.1, 0.15) is 18.4 Å². The molecule has 0 unspecified atom stereocenters. The van der Waals surface area contributed by atoms with Gasteiger partial charge in [0.1, 0.15) is 0 Å². The van der Waals surface area contributed by atoms with Crippen molar-refractivity contribution in [2.75, 3.05) is 13.2 Å². The standard InChI is InChI=1S/C12H16N2O3/c15-9-11-5-3-7-13(11)8-10-4-1-2-6-12(10)14(16)17/h1-2,4,6,11,15H,3,5,7-9H2/t11-/m1/s1. The van der Waals surface area contributed by atoms with Gasteiger partial charge in [-0.3, -0.25) is 15.0 Å². The van der Waals surface area contributed by atoms with Gasteiger partial charge in [-0.2, -0.15) is 0 Å². The molecular weight excluding hydrogens is 220 g/mol. The molecule has 1 N–H and O–H groups in total. The molecule has 0 aromatic heterocycles. The van der Waals surface area contributed by atoms with Crippen LogP contribution in [0.2, 0.25) is 0 Å². The highest BCUT2D eigenvalue weighted by Gasteiger charge is 2.25. The molecule has 1 aliphatic rings. The minimum Gasteiger partial charge on any atom is -0.395 e. The van der Waals surface area contributed by atoms with Gasteiger partial charge in [-0.1, -0.05) is 18.2 Å². The summed E-state index contributed by atoms with van der Waals surface area (Å²) in [7, 11) is 0. The van der Waals surface area contributed by atoms with E-state index in [0.717, 1.165) is 24.9 Å². The van der Waals surface area contributed by atoms with Crippen molar-refractivity contribution in [3.8, 4) is 0 Å². The van der Waals surface area contributed by atoms with Crippen LogP contribution < -0.4 is 0 Å². The number of nitro groups is 1. The number of benzene rings is 1. The van der Waals surface area contributed by atoms with Crippen molar-refractivity contribution < 1.29 is 10.0 Å². The Balaban J connectivity index is 2.15. The average molecular weight is 236 g/mol. The Hall–Kier alpha value is -1.46. The minimum absolute atomic E-state index is 0.126. The van der Waals surface area contributed by atoms with E-state index >= 15 is 0 Å². The van der Waals surface area contributed by atoms with Crippen LogP contribution in [-0.4, -0.2) is 34.1 Å². The summed E-state index contributed by atoms with van der Waals surface area (Å²) in [6, 6.07) is 6.95. The summed E-state index contributed by atoms with van der Waals surface area (Å²) in [6.45, 7) is 1.57. The van der Waals surface area contributed by atoms with E-state index in [9.17, 15) is 15.2 Å². The number of nitrogens with zero attached hydrogens (tertiary/aromatic N) is 2. The highest BCUT2D eigenvalue weighted by Crippen LogP contribution is 2.24. The van der Waals surface area contributed by atoms with E-state index in [4.69, 9.17) is 0 Å². The molecule has 92 valence electrons. The maximum Gasteiger partial charge on any atom is 0.273 e. The van der Waals surface area contributed by atoms with Gasteiger partial charge >= 0.3 is 0 Å². The smallest absolute Gasteiger partial charge is 0.273 e. The first kappa shape index (κ1) is 12.0. The Morgan fingerprint density at radius 1 is 1.47 bits per heavy atom. The molecule has 1 fully saturated rings. The first-order valence-corrected chi connectivity index (χ1v) is 5.79. The second kappa shape index (κ2) is 5.25. The number of hydrogen-bond donors (Lipinski definition) is 1. The van der Waals surface area contributed by atoms with E-state index in [1.165, 1.54) is 6.07 Å². The summed E-state index contributed by atoms with van der Waals surface area (Å²) >= 11 is 0. The summed E-state index contributed by atoms with van der Waals surface area (Å²) in [5, 5.41) is 20.1. The highest BCUT2D eigenvalue weighted by atomic mass is 16.6. The quantitative estimate of drug-likeness (QED) is 0.636. The van der Waals surface area contributed by atoms with E-state index in [-0.39, 0.29) is 23.3 Å². The van der Waals surface area contributed by atoms with Crippen molar-refractivity contribution >= 4 is 5.69 Å². The largest absolute Gasteiger partial charge is 0.395 e. The molecule has 0 radical (unpaired) electrons. The van der Waals surface area contributed by atoms with Crippen LogP contribution >= 0.6 is 0 Å². The molecule has 1 aromatic rings. The molecule has 1 aromatic carbocycles. The monoisotopic (exact) mass is 236 g/mol. The molecule has 1 saturated heterocycles. The zero-order valence-corrected chi connectivity index (χ0v) is 9.58. The Labute approximate surface area is 99.8 Å². The molecule has 0 bridgehead atoms. The topological polar surface area (TPSA) is 66.6 Å². The van der Waals surface area contributed by atoms with Crippen molar-refractivity contribution in [2.24, 2.45) is 0 Å². The number of hydrogen-bond acceptors (Lipinski definition) is 4. The average Bonchev–Trinajstić information content (AvgIpc) is 2.77. The lowest BCUT2D eigenvalue weighted by Crippen LogP contribution is -2.31. The van der Waals surface area contributed by atoms with Crippen molar-refractivity contribution in [1.82, 2.24) is 4.90 Å². The van der Waals surface area contributed by atoms with Crippen molar-refractivity contribution in [3.63, 3.8) is 0 Å². The normalized spacial score (nSPS) is 20.6. The van der Waals surface area contributed by atoms with Gasteiger partial charge in [-0.15, -0.1) is 0 Å². The third kappa shape index (κ3) is 2.62. The van der Waals surface area contributed by atoms with Crippen LogP contribution in [0.3, 0.4) is 0 Å². The molecule has 2 rings (SSSR count). The molecular formula is C12H16N2O3. The fraction of sp³-hybridized carbons (Fsp3) is 0.500. The Kier molecular flexibility index (Phi) is 3.71. The molecule has 17 heavy (non-hydrogen) atoms. The second-order valence-electron chi connectivity index (χ2n) is 4.33. The zero-order valence-electron chi connectivity index (χ0n) is 9.58. The lowest BCUT2D eigenvalue weighted by molar-refractivity contribution is -0.385. The maximum atomic E-state index is 10.9. The van der Waals surface area contributed by atoms with Gasteiger partial charge < -0.3 is 5.11 Å². The minimum atomic E-state index is -0.348. The van der Waals surface area contributed by atoms with E-state index in [1.54, 1.807) is 12.1 Å². The van der Waals surface area contributed by atoms with E-state index in [2.05, 4.69) is 4.90 Å². The summed E-state index contributed by atoms with van der Waals surface area (Å²) in [6.07, 6.45) is 2.02. The van der Waals surface area contributed by atoms with Gasteiger partial charge in [-0.25, -0.2) is 0 Å². The molecule has 0 saturated carbocycles. The molecule has 5 nitrogen and oxygen atoms in total. The van der Waals surface area contributed by atoms with Gasteiger partial charge in [-0.05, 0) is 19.4 Å². The number of aliphatic hydroxyl groups excluding tert-OH is 1. The molecule has 0 aliphatic carbocycles. The highest BCUT2D eigenvalue weighted by molar-refractivity contribution is 5.39. The van der Waals surface area contributed by atoms with E-state index < -0.39 is 0 Å². The van der Waals surface area contributed by atoms with Crippen LogP contribution in [-0.2, 0) is 6.54 Å². The number of nitro benzene ring substituents is 1. The van der Waals surface area contributed by atoms with Gasteiger partial charge in [0.2, 0.25) is 0 Å². The first-order valence-electron chi connectivity index (χ1n) is 5.79. The summed E-state index contributed by atoms with van der Waals surface area (Å²) in [5.41, 5.74) is 0.883. The number of likely N-dealkylation sites (tertiary alicyclic amines) is 1. The van der Waals surface area contributed by atoms with Crippen LogP contribution in [0.4, 0.5) is 5.69 Å². The van der Waals surface area contributed by atoms with Crippen LogP contribution in [0.15, 0.2) is 24.3 Å². The molecule has 0 spiro atoms. The predicted octanol–water partition coefficient (Wildman–Crippen LogP) is 1.55. The third-order valence-corrected chi connectivity index (χ3v) is 3.27. The van der Waals surface area contributed by atoms with E-state index in [0.29, 0.717) is 6.54 Å². The van der Waals surface area contributed by atoms with Crippen molar-refractivity contribution in [3.05, 3.63) is 39.9 Å².